The Morgan fingerprint density at radius 3 is 2.44 bits per heavy atom. The van der Waals surface area contributed by atoms with Crippen LogP contribution in [0, 0.1) is 5.92 Å². The van der Waals surface area contributed by atoms with Crippen molar-refractivity contribution < 1.29 is 9.90 Å². The molecule has 0 spiro atoms. The van der Waals surface area contributed by atoms with Crippen molar-refractivity contribution in [2.24, 2.45) is 5.92 Å². The van der Waals surface area contributed by atoms with Crippen molar-refractivity contribution in [3.05, 3.63) is 30.3 Å². The Morgan fingerprint density at radius 2 is 1.88 bits per heavy atom. The minimum atomic E-state index is -0.666. The minimum Gasteiger partial charge on any atom is -0.480 e. The first-order valence-electron chi connectivity index (χ1n) is 5.72. The molecule has 0 heterocycles. The monoisotopic (exact) mass is 236 g/mol. The molecule has 1 atom stereocenters. The van der Waals surface area contributed by atoms with Crippen LogP contribution in [0.3, 0.4) is 0 Å². The first kappa shape index (κ1) is 11.5. The zero-order valence-corrected chi connectivity index (χ0v) is 9.95. The summed E-state index contributed by atoms with van der Waals surface area (Å²) in [6.45, 7) is 0. The van der Waals surface area contributed by atoms with Gasteiger partial charge in [0.25, 0.3) is 0 Å². The van der Waals surface area contributed by atoms with Crippen LogP contribution in [0.15, 0.2) is 35.2 Å². The second-order valence-corrected chi connectivity index (χ2v) is 5.45. The Morgan fingerprint density at radius 1 is 1.25 bits per heavy atom. The Labute approximate surface area is 100 Å². The van der Waals surface area contributed by atoms with Gasteiger partial charge in [-0.15, -0.1) is 11.8 Å². The first-order chi connectivity index (χ1) is 7.77. The molecular formula is C13H16O2S. The summed E-state index contributed by atoms with van der Waals surface area (Å²) in [4.78, 5) is 12.3. The van der Waals surface area contributed by atoms with E-state index < -0.39 is 5.97 Å². The maximum Gasteiger partial charge on any atom is 0.317 e. The number of rotatable bonds is 4. The quantitative estimate of drug-likeness (QED) is 0.814. The van der Waals surface area contributed by atoms with Gasteiger partial charge in [0.05, 0.1) is 0 Å². The minimum absolute atomic E-state index is 0.273. The molecule has 2 rings (SSSR count). The van der Waals surface area contributed by atoms with Crippen LogP contribution in [-0.4, -0.2) is 16.3 Å². The van der Waals surface area contributed by atoms with Crippen LogP contribution >= 0.6 is 11.8 Å². The lowest BCUT2D eigenvalue weighted by atomic mass is 10.0. The second kappa shape index (κ2) is 5.39. The van der Waals surface area contributed by atoms with Crippen molar-refractivity contribution in [1.82, 2.24) is 0 Å². The highest BCUT2D eigenvalue weighted by Crippen LogP contribution is 2.37. The van der Waals surface area contributed by atoms with Gasteiger partial charge in [0.15, 0.2) is 0 Å². The van der Waals surface area contributed by atoms with Gasteiger partial charge in [-0.25, -0.2) is 0 Å². The van der Waals surface area contributed by atoms with Gasteiger partial charge >= 0.3 is 5.97 Å². The Hall–Kier alpha value is -0.960. The molecule has 0 amide bonds. The third kappa shape index (κ3) is 2.79. The molecule has 16 heavy (non-hydrogen) atoms. The average molecular weight is 236 g/mol. The molecular weight excluding hydrogens is 220 g/mol. The molecule has 1 aliphatic carbocycles. The predicted octanol–water partition coefficient (Wildman–Crippen LogP) is 3.42. The number of hydrogen-bond acceptors (Lipinski definition) is 2. The topological polar surface area (TPSA) is 37.3 Å². The summed E-state index contributed by atoms with van der Waals surface area (Å²) in [5, 5.41) is 9.00. The van der Waals surface area contributed by atoms with Crippen LogP contribution in [0.4, 0.5) is 0 Å². The molecule has 1 aromatic rings. The number of thioether (sulfide) groups is 1. The molecule has 1 N–H and O–H groups in total. The maximum atomic E-state index is 11.3. The number of carboxylic acid groups (broad SMARTS) is 1. The Kier molecular flexibility index (Phi) is 3.88. The van der Waals surface area contributed by atoms with E-state index in [-0.39, 0.29) is 5.25 Å². The summed E-state index contributed by atoms with van der Waals surface area (Å²) in [6.07, 6.45) is 4.50. The molecule has 1 unspecified atom stereocenters. The van der Waals surface area contributed by atoms with E-state index in [0.717, 1.165) is 17.7 Å². The standard InChI is InChI=1S/C13H16O2S/c14-13(15)12(10-6-4-5-7-10)16-11-8-2-1-3-9-11/h1-3,8-10,12H,4-7H2,(H,14,15). The van der Waals surface area contributed by atoms with Crippen LogP contribution in [0.2, 0.25) is 0 Å². The molecule has 1 aliphatic rings. The van der Waals surface area contributed by atoms with Crippen LogP contribution in [-0.2, 0) is 4.79 Å². The highest BCUT2D eigenvalue weighted by Gasteiger charge is 2.31. The van der Waals surface area contributed by atoms with Gasteiger partial charge in [0, 0.05) is 4.90 Å². The fourth-order valence-electron chi connectivity index (χ4n) is 2.25. The van der Waals surface area contributed by atoms with Crippen LogP contribution < -0.4 is 0 Å². The zero-order chi connectivity index (χ0) is 11.4. The fraction of sp³-hybridized carbons (Fsp3) is 0.462. The summed E-state index contributed by atoms with van der Waals surface area (Å²) in [6, 6.07) is 9.83. The van der Waals surface area contributed by atoms with E-state index in [9.17, 15) is 9.90 Å². The number of benzene rings is 1. The van der Waals surface area contributed by atoms with E-state index in [0.29, 0.717) is 5.92 Å². The van der Waals surface area contributed by atoms with E-state index in [1.54, 1.807) is 0 Å². The zero-order valence-electron chi connectivity index (χ0n) is 9.13. The number of carboxylic acids is 1. The maximum absolute atomic E-state index is 11.3. The van der Waals surface area contributed by atoms with Crippen molar-refractivity contribution in [2.45, 2.75) is 35.8 Å². The highest BCUT2D eigenvalue weighted by molar-refractivity contribution is 8.00. The molecule has 1 saturated carbocycles. The van der Waals surface area contributed by atoms with E-state index in [1.807, 2.05) is 30.3 Å². The summed E-state index contributed by atoms with van der Waals surface area (Å²) in [5.74, 6) is -0.316. The molecule has 0 bridgehead atoms. The molecule has 0 aromatic heterocycles. The van der Waals surface area contributed by atoms with E-state index in [4.69, 9.17) is 0 Å². The van der Waals surface area contributed by atoms with Gasteiger partial charge in [-0.1, -0.05) is 31.0 Å². The number of hydrogen-bond donors (Lipinski definition) is 1. The van der Waals surface area contributed by atoms with Crippen molar-refractivity contribution in [3.63, 3.8) is 0 Å². The smallest absolute Gasteiger partial charge is 0.317 e. The van der Waals surface area contributed by atoms with Gasteiger partial charge in [-0.2, -0.15) is 0 Å². The first-order valence-corrected chi connectivity index (χ1v) is 6.60. The largest absolute Gasteiger partial charge is 0.480 e. The predicted molar refractivity (Wildman–Crippen MR) is 65.7 cm³/mol. The van der Waals surface area contributed by atoms with Crippen molar-refractivity contribution in [1.29, 1.82) is 0 Å². The van der Waals surface area contributed by atoms with Gasteiger partial charge in [0.2, 0.25) is 0 Å². The Balaban J connectivity index is 2.05. The summed E-state index contributed by atoms with van der Waals surface area (Å²) >= 11 is 1.49. The third-order valence-corrected chi connectivity index (χ3v) is 4.46. The van der Waals surface area contributed by atoms with Gasteiger partial charge < -0.3 is 5.11 Å². The number of aliphatic carboxylic acids is 1. The van der Waals surface area contributed by atoms with E-state index >= 15 is 0 Å². The summed E-state index contributed by atoms with van der Waals surface area (Å²) < 4.78 is 0. The third-order valence-electron chi connectivity index (χ3n) is 3.08. The molecule has 0 aliphatic heterocycles. The average Bonchev–Trinajstić information content (AvgIpc) is 2.80. The second-order valence-electron chi connectivity index (χ2n) is 4.23. The molecule has 2 nitrogen and oxygen atoms in total. The lowest BCUT2D eigenvalue weighted by Gasteiger charge is -2.18. The summed E-state index contributed by atoms with van der Waals surface area (Å²) in [5.41, 5.74) is 0. The molecule has 0 saturated heterocycles. The fourth-order valence-corrected chi connectivity index (χ4v) is 3.43. The molecule has 86 valence electrons. The lowest BCUT2D eigenvalue weighted by molar-refractivity contribution is -0.137. The van der Waals surface area contributed by atoms with Crippen LogP contribution in [0.1, 0.15) is 25.7 Å². The van der Waals surface area contributed by atoms with Crippen LogP contribution in [0.5, 0.6) is 0 Å². The SMILES string of the molecule is O=C(O)C(Sc1ccccc1)C1CCCC1. The molecule has 0 radical (unpaired) electrons. The van der Waals surface area contributed by atoms with E-state index in [2.05, 4.69) is 0 Å². The highest BCUT2D eigenvalue weighted by atomic mass is 32.2. The van der Waals surface area contributed by atoms with Gasteiger partial charge in [0.1, 0.15) is 5.25 Å². The van der Waals surface area contributed by atoms with Crippen molar-refractivity contribution in [3.8, 4) is 0 Å². The number of carbonyl (C=O) groups is 1. The van der Waals surface area contributed by atoms with Crippen LogP contribution in [0.25, 0.3) is 0 Å². The van der Waals surface area contributed by atoms with Crippen molar-refractivity contribution in [2.75, 3.05) is 0 Å². The molecule has 1 fully saturated rings. The van der Waals surface area contributed by atoms with E-state index in [1.165, 1.54) is 24.6 Å². The van der Waals surface area contributed by atoms with Crippen molar-refractivity contribution >= 4 is 17.7 Å². The van der Waals surface area contributed by atoms with Gasteiger partial charge in [-0.3, -0.25) is 4.79 Å². The normalized spacial score (nSPS) is 18.5. The lowest BCUT2D eigenvalue weighted by Crippen LogP contribution is -2.24. The van der Waals surface area contributed by atoms with Gasteiger partial charge in [-0.05, 0) is 30.9 Å². The summed E-state index contributed by atoms with van der Waals surface area (Å²) in [7, 11) is 0. The molecule has 3 heteroatoms. The molecule has 1 aromatic carbocycles. The Bertz CT molecular complexity index is 344.